The van der Waals surface area contributed by atoms with Crippen molar-refractivity contribution in [2.75, 3.05) is 0 Å². The van der Waals surface area contributed by atoms with Crippen LogP contribution in [0.2, 0.25) is 5.02 Å². The van der Waals surface area contributed by atoms with Gasteiger partial charge in [0.1, 0.15) is 6.61 Å². The van der Waals surface area contributed by atoms with Crippen LogP contribution in [0, 0.1) is 6.92 Å². The van der Waals surface area contributed by atoms with Gasteiger partial charge >= 0.3 is 0 Å². The molecule has 104 valence electrons. The molecule has 0 saturated carbocycles. The number of aryl methyl sites for hydroxylation is 3. The van der Waals surface area contributed by atoms with Crippen LogP contribution in [0.15, 0.2) is 12.4 Å². The maximum Gasteiger partial charge on any atom is 0.157 e. The van der Waals surface area contributed by atoms with Crippen LogP contribution in [0.25, 0.3) is 0 Å². The van der Waals surface area contributed by atoms with Crippen molar-refractivity contribution >= 4 is 11.6 Å². The van der Waals surface area contributed by atoms with Crippen molar-refractivity contribution in [1.82, 2.24) is 19.6 Å². The standard InChI is InChI=1S/C13H19ClN4O/c1-4-6-17-8-11(7-15-17)19-9-12-13(14)10(3)16-18(12)5-2/h7-8H,4-6,9H2,1-3H3. The highest BCUT2D eigenvalue weighted by Crippen LogP contribution is 2.22. The molecule has 0 unspecified atom stereocenters. The van der Waals surface area contributed by atoms with Crippen LogP contribution in [-0.4, -0.2) is 19.6 Å². The molecule has 6 heteroatoms. The molecule has 0 aliphatic rings. The summed E-state index contributed by atoms with van der Waals surface area (Å²) in [4.78, 5) is 0. The number of aromatic nitrogens is 4. The van der Waals surface area contributed by atoms with Gasteiger partial charge in [-0.05, 0) is 20.3 Å². The van der Waals surface area contributed by atoms with Gasteiger partial charge in [-0.1, -0.05) is 18.5 Å². The topological polar surface area (TPSA) is 44.9 Å². The molecule has 2 rings (SSSR count). The van der Waals surface area contributed by atoms with Gasteiger partial charge in [-0.3, -0.25) is 9.36 Å². The number of ether oxygens (including phenoxy) is 1. The molecule has 2 aromatic rings. The molecular weight excluding hydrogens is 264 g/mol. The number of hydrogen-bond donors (Lipinski definition) is 0. The van der Waals surface area contributed by atoms with Crippen molar-refractivity contribution in [1.29, 1.82) is 0 Å². The minimum atomic E-state index is 0.408. The maximum atomic E-state index is 6.23. The Bertz CT molecular complexity index is 547. The Kier molecular flexibility index (Phi) is 4.47. The molecule has 5 nitrogen and oxygen atoms in total. The van der Waals surface area contributed by atoms with Crippen LogP contribution in [0.3, 0.4) is 0 Å². The Balaban J connectivity index is 2.05. The summed E-state index contributed by atoms with van der Waals surface area (Å²) < 4.78 is 9.47. The van der Waals surface area contributed by atoms with Crippen molar-refractivity contribution in [3.05, 3.63) is 28.8 Å². The molecule has 0 amide bonds. The number of nitrogens with zero attached hydrogens (tertiary/aromatic N) is 4. The lowest BCUT2D eigenvalue weighted by atomic mass is 10.4. The van der Waals surface area contributed by atoms with Crippen LogP contribution in [0.4, 0.5) is 0 Å². The fourth-order valence-electron chi connectivity index (χ4n) is 1.93. The molecule has 0 N–H and O–H groups in total. The van der Waals surface area contributed by atoms with Crippen LogP contribution < -0.4 is 4.74 Å². The van der Waals surface area contributed by atoms with E-state index in [1.54, 1.807) is 6.20 Å². The molecule has 0 bridgehead atoms. The monoisotopic (exact) mass is 282 g/mol. The van der Waals surface area contributed by atoms with Gasteiger partial charge in [-0.2, -0.15) is 10.2 Å². The molecule has 2 heterocycles. The highest BCUT2D eigenvalue weighted by atomic mass is 35.5. The quantitative estimate of drug-likeness (QED) is 0.818. The van der Waals surface area contributed by atoms with Gasteiger partial charge in [0.2, 0.25) is 0 Å². The molecule has 0 spiro atoms. The van der Waals surface area contributed by atoms with E-state index < -0.39 is 0 Å². The number of hydrogen-bond acceptors (Lipinski definition) is 3. The lowest BCUT2D eigenvalue weighted by molar-refractivity contribution is 0.292. The largest absolute Gasteiger partial charge is 0.484 e. The van der Waals surface area contributed by atoms with Gasteiger partial charge in [-0.25, -0.2) is 0 Å². The smallest absolute Gasteiger partial charge is 0.157 e. The van der Waals surface area contributed by atoms with Crippen LogP contribution >= 0.6 is 11.6 Å². The molecular formula is C13H19ClN4O. The molecule has 0 aromatic carbocycles. The second kappa shape index (κ2) is 6.10. The Morgan fingerprint density at radius 1 is 1.37 bits per heavy atom. The normalized spacial score (nSPS) is 10.9. The van der Waals surface area contributed by atoms with Gasteiger partial charge in [-0.15, -0.1) is 0 Å². The first kappa shape index (κ1) is 13.9. The Labute approximate surface area is 118 Å². The molecule has 0 saturated heterocycles. The molecule has 0 atom stereocenters. The van der Waals surface area contributed by atoms with E-state index in [1.807, 2.05) is 29.4 Å². The predicted molar refractivity (Wildman–Crippen MR) is 74.5 cm³/mol. The van der Waals surface area contributed by atoms with E-state index >= 15 is 0 Å². The number of rotatable bonds is 6. The second-order valence-electron chi connectivity index (χ2n) is 4.39. The first-order chi connectivity index (χ1) is 9.15. The van der Waals surface area contributed by atoms with E-state index in [4.69, 9.17) is 16.3 Å². The third kappa shape index (κ3) is 3.10. The number of halogens is 1. The van der Waals surface area contributed by atoms with E-state index in [0.717, 1.165) is 36.6 Å². The summed E-state index contributed by atoms with van der Waals surface area (Å²) in [7, 11) is 0. The van der Waals surface area contributed by atoms with Crippen LogP contribution in [-0.2, 0) is 19.7 Å². The summed E-state index contributed by atoms with van der Waals surface area (Å²) in [6.07, 6.45) is 4.68. The van der Waals surface area contributed by atoms with E-state index in [9.17, 15) is 0 Å². The first-order valence-electron chi connectivity index (χ1n) is 6.52. The predicted octanol–water partition coefficient (Wildman–Crippen LogP) is 3.05. The van der Waals surface area contributed by atoms with Crippen molar-refractivity contribution in [3.8, 4) is 5.75 Å². The third-order valence-electron chi connectivity index (χ3n) is 2.89. The molecule has 0 aliphatic carbocycles. The van der Waals surface area contributed by atoms with E-state index in [2.05, 4.69) is 17.1 Å². The minimum absolute atomic E-state index is 0.408. The summed E-state index contributed by atoms with van der Waals surface area (Å²) in [5, 5.41) is 9.27. The highest BCUT2D eigenvalue weighted by Gasteiger charge is 2.13. The van der Waals surface area contributed by atoms with Gasteiger partial charge in [0.25, 0.3) is 0 Å². The fraction of sp³-hybridized carbons (Fsp3) is 0.538. The van der Waals surface area contributed by atoms with Crippen molar-refractivity contribution in [2.24, 2.45) is 0 Å². The Morgan fingerprint density at radius 2 is 2.16 bits per heavy atom. The van der Waals surface area contributed by atoms with Crippen LogP contribution in [0.1, 0.15) is 31.7 Å². The maximum absolute atomic E-state index is 6.23. The molecule has 2 aromatic heterocycles. The third-order valence-corrected chi connectivity index (χ3v) is 3.38. The lowest BCUT2D eigenvalue weighted by Gasteiger charge is -2.06. The van der Waals surface area contributed by atoms with Gasteiger partial charge < -0.3 is 4.74 Å². The van der Waals surface area contributed by atoms with E-state index in [0.29, 0.717) is 11.6 Å². The highest BCUT2D eigenvalue weighted by molar-refractivity contribution is 6.31. The summed E-state index contributed by atoms with van der Waals surface area (Å²) in [6, 6.07) is 0. The van der Waals surface area contributed by atoms with Gasteiger partial charge in [0.05, 0.1) is 28.8 Å². The van der Waals surface area contributed by atoms with Crippen molar-refractivity contribution in [3.63, 3.8) is 0 Å². The molecule has 0 radical (unpaired) electrons. The zero-order chi connectivity index (χ0) is 13.8. The van der Waals surface area contributed by atoms with E-state index in [1.165, 1.54) is 0 Å². The first-order valence-corrected chi connectivity index (χ1v) is 6.90. The average Bonchev–Trinajstić information content (AvgIpc) is 2.94. The molecule has 19 heavy (non-hydrogen) atoms. The average molecular weight is 283 g/mol. The molecule has 0 fully saturated rings. The Morgan fingerprint density at radius 3 is 2.84 bits per heavy atom. The zero-order valence-corrected chi connectivity index (χ0v) is 12.3. The fourth-order valence-corrected chi connectivity index (χ4v) is 2.12. The SMILES string of the molecule is CCCn1cc(OCc2c(Cl)c(C)nn2CC)cn1. The summed E-state index contributed by atoms with van der Waals surface area (Å²) in [6.45, 7) is 8.14. The summed E-state index contributed by atoms with van der Waals surface area (Å²) in [5.41, 5.74) is 1.74. The lowest BCUT2D eigenvalue weighted by Crippen LogP contribution is -2.06. The zero-order valence-electron chi connectivity index (χ0n) is 11.6. The van der Waals surface area contributed by atoms with Crippen molar-refractivity contribution < 1.29 is 4.74 Å². The van der Waals surface area contributed by atoms with Crippen LogP contribution in [0.5, 0.6) is 5.75 Å². The molecule has 0 aliphatic heterocycles. The summed E-state index contributed by atoms with van der Waals surface area (Å²) in [5.74, 6) is 0.756. The summed E-state index contributed by atoms with van der Waals surface area (Å²) >= 11 is 6.23. The van der Waals surface area contributed by atoms with Gasteiger partial charge in [0, 0.05) is 13.1 Å². The second-order valence-corrected chi connectivity index (χ2v) is 4.77. The van der Waals surface area contributed by atoms with Crippen molar-refractivity contribution in [2.45, 2.75) is 46.9 Å². The van der Waals surface area contributed by atoms with Gasteiger partial charge in [0.15, 0.2) is 5.75 Å². The Hall–Kier alpha value is -1.49. The van der Waals surface area contributed by atoms with E-state index in [-0.39, 0.29) is 0 Å². The minimum Gasteiger partial charge on any atom is -0.484 e.